The van der Waals surface area contributed by atoms with Crippen molar-refractivity contribution in [2.75, 3.05) is 11.9 Å². The smallest absolute Gasteiger partial charge is 0.407 e. The Hall–Kier alpha value is -4.57. The number of amides is 3. The maximum Gasteiger partial charge on any atom is 0.407 e. The molecule has 1 atom stereocenters. The first kappa shape index (κ1) is 31.4. The van der Waals surface area contributed by atoms with Crippen LogP contribution in [0.5, 0.6) is 0 Å². The van der Waals surface area contributed by atoms with Gasteiger partial charge in [0.05, 0.1) is 5.69 Å². The topological polar surface area (TPSA) is 122 Å². The summed E-state index contributed by atoms with van der Waals surface area (Å²) in [6.07, 6.45) is 3.00. The molecule has 2 heterocycles. The number of rotatable bonds is 9. The number of carbonyl (C=O) groups is 3. The highest BCUT2D eigenvalue weighted by Gasteiger charge is 2.26. The van der Waals surface area contributed by atoms with Crippen molar-refractivity contribution in [3.05, 3.63) is 89.6 Å². The highest BCUT2D eigenvalue weighted by atomic mass is 32.1. The van der Waals surface area contributed by atoms with E-state index in [1.165, 1.54) is 11.3 Å². The molecule has 0 aliphatic carbocycles. The minimum absolute atomic E-state index is 0.128. The molecule has 9 nitrogen and oxygen atoms in total. The van der Waals surface area contributed by atoms with E-state index in [1.807, 2.05) is 82.5 Å². The van der Waals surface area contributed by atoms with E-state index in [1.54, 1.807) is 37.5 Å². The zero-order valence-corrected chi connectivity index (χ0v) is 26.0. The van der Waals surface area contributed by atoms with E-state index in [9.17, 15) is 14.4 Å². The Morgan fingerprint density at radius 2 is 1.60 bits per heavy atom. The average molecular weight is 600 g/mol. The molecule has 224 valence electrons. The maximum atomic E-state index is 13.0. The van der Waals surface area contributed by atoms with Gasteiger partial charge in [-0.05, 0) is 74.7 Å². The van der Waals surface area contributed by atoms with Crippen LogP contribution in [0.25, 0.3) is 22.4 Å². The van der Waals surface area contributed by atoms with Crippen molar-refractivity contribution < 1.29 is 19.1 Å². The number of pyridine rings is 1. The molecule has 2 aromatic heterocycles. The largest absolute Gasteiger partial charge is 0.449 e. The lowest BCUT2D eigenvalue weighted by Crippen LogP contribution is -2.42. The van der Waals surface area contributed by atoms with E-state index in [2.05, 4.69) is 25.9 Å². The Bertz CT molecular complexity index is 1590. The van der Waals surface area contributed by atoms with Gasteiger partial charge in [-0.3, -0.25) is 14.6 Å². The first-order valence-electron chi connectivity index (χ1n) is 13.9. The van der Waals surface area contributed by atoms with E-state index < -0.39 is 23.1 Å². The van der Waals surface area contributed by atoms with Gasteiger partial charge in [-0.2, -0.15) is 0 Å². The predicted molar refractivity (Wildman–Crippen MR) is 170 cm³/mol. The number of carbonyl (C=O) groups excluding carboxylic acids is 3. The number of thiazole rings is 1. The molecular weight excluding hydrogens is 562 g/mol. The molecule has 0 aliphatic rings. The number of aromatic nitrogens is 2. The van der Waals surface area contributed by atoms with Crippen molar-refractivity contribution in [3.8, 4) is 22.4 Å². The summed E-state index contributed by atoms with van der Waals surface area (Å²) < 4.78 is 5.44. The zero-order chi connectivity index (χ0) is 31.2. The molecule has 4 rings (SSSR count). The zero-order valence-electron chi connectivity index (χ0n) is 25.2. The molecular formula is C33H37N5O4S. The van der Waals surface area contributed by atoms with Crippen molar-refractivity contribution in [1.82, 2.24) is 20.6 Å². The van der Waals surface area contributed by atoms with Gasteiger partial charge >= 0.3 is 6.09 Å². The second-order valence-corrected chi connectivity index (χ2v) is 12.8. The second-order valence-electron chi connectivity index (χ2n) is 12.0. The molecule has 0 unspecified atom stereocenters. The van der Waals surface area contributed by atoms with Gasteiger partial charge in [-0.25, -0.2) is 9.78 Å². The number of hydrogen-bond acceptors (Lipinski definition) is 7. The number of nitrogens with zero attached hydrogens (tertiary/aromatic N) is 2. The van der Waals surface area contributed by atoms with Gasteiger partial charge in [0, 0.05) is 39.9 Å². The van der Waals surface area contributed by atoms with Gasteiger partial charge < -0.3 is 20.7 Å². The third-order valence-corrected chi connectivity index (χ3v) is 7.35. The predicted octanol–water partition coefficient (Wildman–Crippen LogP) is 6.43. The van der Waals surface area contributed by atoms with Crippen molar-refractivity contribution in [2.45, 2.75) is 58.5 Å². The third kappa shape index (κ3) is 8.71. The molecule has 4 aromatic rings. The van der Waals surface area contributed by atoms with Gasteiger partial charge in [0.2, 0.25) is 5.91 Å². The summed E-state index contributed by atoms with van der Waals surface area (Å²) in [5.74, 6) is -0.769. The standard InChI is InChI=1S/C33H37N5O4S/c1-21(35-29(40)25-11-8-12-26(18-25)33(5,6)20-42-31(41)38-32(2,3)4)28(39)37-30-36-27(19-43-30)24-10-7-9-23(17-24)22-13-15-34-16-14-22/h7-19,21H,20H2,1-6H3,(H,35,40)(H,38,41)(H,36,37,39)/t21-/m0/s1. The van der Waals surface area contributed by atoms with E-state index in [4.69, 9.17) is 4.74 Å². The quantitative estimate of drug-likeness (QED) is 0.204. The van der Waals surface area contributed by atoms with Gasteiger partial charge in [0.15, 0.2) is 5.13 Å². The van der Waals surface area contributed by atoms with Crippen LogP contribution in [-0.4, -0.2) is 46.1 Å². The Morgan fingerprint density at radius 3 is 2.33 bits per heavy atom. The summed E-state index contributed by atoms with van der Waals surface area (Å²) >= 11 is 1.32. The number of hydrogen-bond donors (Lipinski definition) is 3. The van der Waals surface area contributed by atoms with Crippen LogP contribution >= 0.6 is 11.3 Å². The maximum absolute atomic E-state index is 13.0. The summed E-state index contributed by atoms with van der Waals surface area (Å²) in [6.45, 7) is 11.2. The van der Waals surface area contributed by atoms with Crippen LogP contribution in [0.3, 0.4) is 0 Å². The number of anilines is 1. The molecule has 3 amide bonds. The first-order valence-corrected chi connectivity index (χ1v) is 14.8. The average Bonchev–Trinajstić information content (AvgIpc) is 3.44. The summed E-state index contributed by atoms with van der Waals surface area (Å²) in [6, 6.07) is 18.2. The van der Waals surface area contributed by atoms with Crippen molar-refractivity contribution in [2.24, 2.45) is 0 Å². The lowest BCUT2D eigenvalue weighted by molar-refractivity contribution is -0.117. The monoisotopic (exact) mass is 599 g/mol. The lowest BCUT2D eigenvalue weighted by atomic mass is 9.84. The van der Waals surface area contributed by atoms with E-state index in [0.29, 0.717) is 10.7 Å². The number of nitrogens with one attached hydrogen (secondary N) is 3. The van der Waals surface area contributed by atoms with Crippen LogP contribution in [0.4, 0.5) is 9.93 Å². The molecule has 10 heteroatoms. The number of benzene rings is 2. The minimum Gasteiger partial charge on any atom is -0.449 e. The SMILES string of the molecule is C[C@H](NC(=O)c1cccc(C(C)(C)COC(=O)NC(C)(C)C)c1)C(=O)Nc1nc(-c2cccc(-c3ccncc3)c2)cs1. The molecule has 0 aliphatic heterocycles. The third-order valence-electron chi connectivity index (χ3n) is 6.59. The number of ether oxygens (including phenoxy) is 1. The van der Waals surface area contributed by atoms with Crippen molar-refractivity contribution >= 4 is 34.4 Å². The highest BCUT2D eigenvalue weighted by molar-refractivity contribution is 7.14. The number of alkyl carbamates (subject to hydrolysis) is 1. The van der Waals surface area contributed by atoms with Crippen molar-refractivity contribution in [3.63, 3.8) is 0 Å². The molecule has 3 N–H and O–H groups in total. The summed E-state index contributed by atoms with van der Waals surface area (Å²) in [4.78, 5) is 46.8. The van der Waals surface area contributed by atoms with Crippen LogP contribution in [0.15, 0.2) is 78.4 Å². The fraction of sp³-hybridized carbons (Fsp3) is 0.303. The molecule has 43 heavy (non-hydrogen) atoms. The van der Waals surface area contributed by atoms with Crippen LogP contribution < -0.4 is 16.0 Å². The highest BCUT2D eigenvalue weighted by Crippen LogP contribution is 2.29. The van der Waals surface area contributed by atoms with Crippen LogP contribution in [0.1, 0.15) is 57.5 Å². The Morgan fingerprint density at radius 1 is 0.907 bits per heavy atom. The minimum atomic E-state index is -0.809. The molecule has 2 aromatic carbocycles. The Balaban J connectivity index is 1.35. The second kappa shape index (κ2) is 13.2. The first-order chi connectivity index (χ1) is 20.3. The van der Waals surface area contributed by atoms with Gasteiger partial charge in [-0.15, -0.1) is 11.3 Å². The molecule has 0 fully saturated rings. The molecule has 0 bridgehead atoms. The van der Waals surface area contributed by atoms with E-state index >= 15 is 0 Å². The van der Waals surface area contributed by atoms with Crippen LogP contribution in [0.2, 0.25) is 0 Å². The molecule has 0 radical (unpaired) electrons. The van der Waals surface area contributed by atoms with Gasteiger partial charge in [-0.1, -0.05) is 44.2 Å². The summed E-state index contributed by atoms with van der Waals surface area (Å²) in [7, 11) is 0. The Labute approximate surface area is 256 Å². The van der Waals surface area contributed by atoms with Crippen LogP contribution in [-0.2, 0) is 14.9 Å². The Kier molecular flexibility index (Phi) is 9.60. The normalized spacial score (nSPS) is 12.2. The summed E-state index contributed by atoms with van der Waals surface area (Å²) in [5, 5.41) is 10.7. The fourth-order valence-electron chi connectivity index (χ4n) is 4.18. The van der Waals surface area contributed by atoms with Gasteiger partial charge in [0.25, 0.3) is 5.91 Å². The van der Waals surface area contributed by atoms with E-state index in [0.717, 1.165) is 27.9 Å². The van der Waals surface area contributed by atoms with Crippen molar-refractivity contribution in [1.29, 1.82) is 0 Å². The van der Waals surface area contributed by atoms with Crippen LogP contribution in [0, 0.1) is 0 Å². The molecule has 0 saturated carbocycles. The van der Waals surface area contributed by atoms with E-state index in [-0.39, 0.29) is 18.4 Å². The summed E-state index contributed by atoms with van der Waals surface area (Å²) in [5.41, 5.74) is 4.03. The molecule has 0 spiro atoms. The lowest BCUT2D eigenvalue weighted by Gasteiger charge is -2.27. The fourth-order valence-corrected chi connectivity index (χ4v) is 4.90. The van der Waals surface area contributed by atoms with Gasteiger partial charge in [0.1, 0.15) is 12.6 Å². The molecule has 0 saturated heterocycles.